The van der Waals surface area contributed by atoms with Gasteiger partial charge in [0, 0.05) is 6.54 Å². The van der Waals surface area contributed by atoms with Crippen LogP contribution in [0.5, 0.6) is 0 Å². The Morgan fingerprint density at radius 2 is 2.29 bits per heavy atom. The first-order chi connectivity index (χ1) is 10.3. The van der Waals surface area contributed by atoms with E-state index in [0.717, 1.165) is 44.5 Å². The number of hydrogen-bond donors (Lipinski definition) is 3. The van der Waals surface area contributed by atoms with Gasteiger partial charge in [-0.2, -0.15) is 5.10 Å². The minimum Gasteiger partial charge on any atom is -0.347 e. The Balaban J connectivity index is 1.54. The van der Waals surface area contributed by atoms with Crippen LogP contribution in [0.25, 0.3) is 0 Å². The maximum Gasteiger partial charge on any atom is 0.228 e. The van der Waals surface area contributed by atoms with Gasteiger partial charge >= 0.3 is 0 Å². The van der Waals surface area contributed by atoms with E-state index in [4.69, 9.17) is 0 Å². The monoisotopic (exact) mass is 288 g/mol. The van der Waals surface area contributed by atoms with Crippen LogP contribution >= 0.6 is 0 Å². The summed E-state index contributed by atoms with van der Waals surface area (Å²) in [5, 5.41) is 14.0. The number of aromatic amines is 1. The fraction of sp³-hybridized carbons (Fsp3) is 0.750. The molecule has 0 spiro atoms. The van der Waals surface area contributed by atoms with Gasteiger partial charge in [0.2, 0.25) is 5.91 Å². The number of nitrogens with one attached hydrogen (secondary N) is 3. The predicted octanol–water partition coefficient (Wildman–Crippen LogP) is 1.68. The first-order valence-electron chi connectivity index (χ1n) is 8.33. The Morgan fingerprint density at radius 1 is 1.33 bits per heavy atom. The highest BCUT2D eigenvalue weighted by Gasteiger charge is 2.50. The third kappa shape index (κ3) is 2.09. The molecule has 114 valence electrons. The maximum atomic E-state index is 13.0. The van der Waals surface area contributed by atoms with Crippen molar-refractivity contribution in [1.82, 2.24) is 20.8 Å². The zero-order valence-corrected chi connectivity index (χ0v) is 12.5. The summed E-state index contributed by atoms with van der Waals surface area (Å²) in [5.74, 6) is 0.792. The Kier molecular flexibility index (Phi) is 3.25. The van der Waals surface area contributed by atoms with Crippen molar-refractivity contribution in [2.75, 3.05) is 13.1 Å². The molecular formula is C16H24N4O. The maximum absolute atomic E-state index is 13.0. The lowest BCUT2D eigenvalue weighted by atomic mass is 9.67. The SMILES string of the molecule is O=C(NC1CCCc2cn[nH]c21)[C@@]12CCCC[C@H]1CNC2. The van der Waals surface area contributed by atoms with Crippen molar-refractivity contribution < 1.29 is 4.79 Å². The topological polar surface area (TPSA) is 69.8 Å². The highest BCUT2D eigenvalue weighted by Crippen LogP contribution is 2.44. The Hall–Kier alpha value is -1.36. The van der Waals surface area contributed by atoms with Gasteiger partial charge in [-0.1, -0.05) is 12.8 Å². The van der Waals surface area contributed by atoms with Crippen LogP contribution in [0, 0.1) is 11.3 Å². The summed E-state index contributed by atoms with van der Waals surface area (Å²) in [6, 6.07) is 0.126. The van der Waals surface area contributed by atoms with Gasteiger partial charge in [0.05, 0.1) is 23.3 Å². The molecule has 1 unspecified atom stereocenters. The average molecular weight is 288 g/mol. The highest BCUT2D eigenvalue weighted by molar-refractivity contribution is 5.84. The quantitative estimate of drug-likeness (QED) is 0.775. The summed E-state index contributed by atoms with van der Waals surface area (Å²) in [7, 11) is 0. The zero-order chi connectivity index (χ0) is 14.3. The van der Waals surface area contributed by atoms with Crippen LogP contribution in [-0.2, 0) is 11.2 Å². The van der Waals surface area contributed by atoms with Crippen molar-refractivity contribution in [3.63, 3.8) is 0 Å². The van der Waals surface area contributed by atoms with Crippen molar-refractivity contribution in [2.45, 2.75) is 51.0 Å². The van der Waals surface area contributed by atoms with E-state index in [1.54, 1.807) is 0 Å². The highest BCUT2D eigenvalue weighted by atomic mass is 16.2. The van der Waals surface area contributed by atoms with E-state index >= 15 is 0 Å². The van der Waals surface area contributed by atoms with Gasteiger partial charge in [-0.15, -0.1) is 0 Å². The zero-order valence-electron chi connectivity index (χ0n) is 12.5. The molecule has 1 saturated heterocycles. The fourth-order valence-electron chi connectivity index (χ4n) is 4.60. The summed E-state index contributed by atoms with van der Waals surface area (Å²) < 4.78 is 0. The van der Waals surface area contributed by atoms with Gasteiger partial charge in [-0.3, -0.25) is 9.89 Å². The van der Waals surface area contributed by atoms with Crippen LogP contribution < -0.4 is 10.6 Å². The Labute approximate surface area is 125 Å². The van der Waals surface area contributed by atoms with E-state index in [2.05, 4.69) is 20.8 Å². The van der Waals surface area contributed by atoms with Gasteiger partial charge in [-0.25, -0.2) is 0 Å². The lowest BCUT2D eigenvalue weighted by Crippen LogP contribution is -2.49. The van der Waals surface area contributed by atoms with Gasteiger partial charge < -0.3 is 10.6 Å². The minimum atomic E-state index is -0.157. The first-order valence-corrected chi connectivity index (χ1v) is 8.33. The molecule has 3 N–H and O–H groups in total. The third-order valence-corrected chi connectivity index (χ3v) is 5.83. The molecule has 0 aromatic carbocycles. The number of H-pyrrole nitrogens is 1. The molecular weight excluding hydrogens is 264 g/mol. The number of carbonyl (C=O) groups excluding carboxylic acids is 1. The largest absolute Gasteiger partial charge is 0.347 e. The molecule has 4 rings (SSSR count). The lowest BCUT2D eigenvalue weighted by Gasteiger charge is -2.38. The van der Waals surface area contributed by atoms with E-state index in [1.165, 1.54) is 24.8 Å². The molecule has 0 radical (unpaired) electrons. The fourth-order valence-corrected chi connectivity index (χ4v) is 4.60. The second-order valence-electron chi connectivity index (χ2n) is 6.96. The molecule has 1 saturated carbocycles. The number of carbonyl (C=O) groups is 1. The van der Waals surface area contributed by atoms with E-state index < -0.39 is 0 Å². The number of nitrogens with zero attached hydrogens (tertiary/aromatic N) is 1. The predicted molar refractivity (Wildman–Crippen MR) is 79.7 cm³/mol. The summed E-state index contributed by atoms with van der Waals surface area (Å²) in [4.78, 5) is 13.0. The molecule has 1 aromatic rings. The normalized spacial score (nSPS) is 35.0. The second kappa shape index (κ2) is 5.13. The molecule has 1 amide bonds. The van der Waals surface area contributed by atoms with Crippen LogP contribution in [0.4, 0.5) is 0 Å². The molecule has 2 heterocycles. The number of hydrogen-bond acceptors (Lipinski definition) is 3. The van der Waals surface area contributed by atoms with E-state index in [-0.39, 0.29) is 17.4 Å². The first kappa shape index (κ1) is 13.3. The van der Waals surface area contributed by atoms with Gasteiger partial charge in [0.1, 0.15) is 0 Å². The average Bonchev–Trinajstić information content (AvgIpc) is 3.14. The van der Waals surface area contributed by atoms with Crippen LogP contribution in [-0.4, -0.2) is 29.2 Å². The molecule has 21 heavy (non-hydrogen) atoms. The molecule has 2 fully saturated rings. The second-order valence-corrected chi connectivity index (χ2v) is 6.96. The van der Waals surface area contributed by atoms with E-state index in [9.17, 15) is 4.79 Å². The summed E-state index contributed by atoms with van der Waals surface area (Å²) >= 11 is 0. The number of aryl methyl sites for hydroxylation is 1. The lowest BCUT2D eigenvalue weighted by molar-refractivity contribution is -0.135. The standard InChI is InChI=1S/C16H24N4O/c21-15(16-7-2-1-5-12(16)9-17-10-16)19-13-6-3-4-11-8-18-20-14(11)13/h8,12-13,17H,1-7,9-10H2,(H,18,20)(H,19,21)/t12-,13?,16+/m0/s1. The Bertz CT molecular complexity index is 540. The summed E-state index contributed by atoms with van der Waals surface area (Å²) in [6.07, 6.45) is 9.84. The van der Waals surface area contributed by atoms with Gasteiger partial charge in [-0.05, 0) is 50.1 Å². The van der Waals surface area contributed by atoms with Crippen molar-refractivity contribution in [1.29, 1.82) is 0 Å². The third-order valence-electron chi connectivity index (χ3n) is 5.83. The van der Waals surface area contributed by atoms with E-state index in [1.807, 2.05) is 6.20 Å². The molecule has 2 aliphatic carbocycles. The number of amides is 1. The number of rotatable bonds is 2. The Morgan fingerprint density at radius 3 is 3.24 bits per heavy atom. The van der Waals surface area contributed by atoms with Crippen molar-refractivity contribution in [3.05, 3.63) is 17.5 Å². The smallest absolute Gasteiger partial charge is 0.228 e. The molecule has 3 aliphatic rings. The van der Waals surface area contributed by atoms with Gasteiger partial charge in [0.15, 0.2) is 0 Å². The minimum absolute atomic E-state index is 0.126. The van der Waals surface area contributed by atoms with Crippen LogP contribution in [0.15, 0.2) is 6.20 Å². The van der Waals surface area contributed by atoms with Crippen LogP contribution in [0.3, 0.4) is 0 Å². The molecule has 1 aliphatic heterocycles. The molecule has 1 aromatic heterocycles. The summed E-state index contributed by atoms with van der Waals surface area (Å²) in [5.41, 5.74) is 2.24. The van der Waals surface area contributed by atoms with Crippen LogP contribution in [0.1, 0.15) is 55.8 Å². The van der Waals surface area contributed by atoms with Crippen molar-refractivity contribution in [2.24, 2.45) is 11.3 Å². The molecule has 5 heteroatoms. The van der Waals surface area contributed by atoms with E-state index in [0.29, 0.717) is 5.92 Å². The van der Waals surface area contributed by atoms with Crippen LogP contribution in [0.2, 0.25) is 0 Å². The molecule has 5 nitrogen and oxygen atoms in total. The van der Waals surface area contributed by atoms with Gasteiger partial charge in [0.25, 0.3) is 0 Å². The summed E-state index contributed by atoms with van der Waals surface area (Å²) in [6.45, 7) is 1.86. The number of aromatic nitrogens is 2. The molecule has 0 bridgehead atoms. The molecule has 3 atom stereocenters. The van der Waals surface area contributed by atoms with Crippen molar-refractivity contribution >= 4 is 5.91 Å². The number of fused-ring (bicyclic) bond motifs is 2. The van der Waals surface area contributed by atoms with Crippen molar-refractivity contribution in [3.8, 4) is 0 Å².